The monoisotopic (exact) mass is 213 g/mol. The van der Waals surface area contributed by atoms with E-state index >= 15 is 0 Å². The smallest absolute Gasteiger partial charge is 0.319 e. The summed E-state index contributed by atoms with van der Waals surface area (Å²) in [5, 5.41) is 0.267. The third-order valence-electron chi connectivity index (χ3n) is 1.48. The lowest BCUT2D eigenvalue weighted by molar-refractivity contribution is -0.00000168. The summed E-state index contributed by atoms with van der Waals surface area (Å²) in [6.45, 7) is 0. The maximum atomic E-state index is 5.96. The zero-order chi connectivity index (χ0) is 6.27. The predicted molar refractivity (Wildman–Crippen MR) is 41.3 cm³/mol. The van der Waals surface area contributed by atoms with Crippen LogP contribution in [0.15, 0.2) is 0 Å². The molecule has 56 valence electrons. The highest BCUT2D eigenvalue weighted by Crippen LogP contribution is 2.39. The molecule has 1 nitrogen and oxygen atoms in total. The Morgan fingerprint density at radius 2 is 2.50 bits per heavy atom. The number of rotatable bonds is 0. The van der Waals surface area contributed by atoms with E-state index in [1.807, 2.05) is 0 Å². The van der Waals surface area contributed by atoms with Crippen LogP contribution in [0.2, 0.25) is 0 Å². The molecular formula is C5H5Cl2NS2. The fraction of sp³-hybridized carbons (Fsp3) is 0.600. The number of aryl methyl sites for hydroxylation is 1. The molecule has 2 rings (SSSR count). The van der Waals surface area contributed by atoms with Gasteiger partial charge < -0.3 is 12.4 Å². The van der Waals surface area contributed by atoms with Crippen LogP contribution in [-0.4, -0.2) is 4.37 Å². The van der Waals surface area contributed by atoms with Crippen LogP contribution in [0, 0.1) is 0 Å². The van der Waals surface area contributed by atoms with Crippen LogP contribution in [0.1, 0.15) is 22.4 Å². The minimum absolute atomic E-state index is 0. The molecule has 10 heavy (non-hydrogen) atoms. The minimum Gasteiger partial charge on any atom is -1.00 e. The van der Waals surface area contributed by atoms with Gasteiger partial charge in [-0.3, -0.25) is 0 Å². The summed E-state index contributed by atoms with van der Waals surface area (Å²) in [4.78, 5) is 1.31. The molecule has 0 bridgehead atoms. The molecule has 1 unspecified atom stereocenters. The molecule has 1 aliphatic rings. The Bertz CT molecular complexity index is 225. The second-order valence-electron chi connectivity index (χ2n) is 2.07. The Morgan fingerprint density at radius 1 is 1.70 bits per heavy atom. The molecule has 0 saturated carbocycles. The van der Waals surface area contributed by atoms with E-state index in [-0.39, 0.29) is 17.8 Å². The maximum absolute atomic E-state index is 5.96. The summed E-state index contributed by atoms with van der Waals surface area (Å²) >= 11 is 5.96. The van der Waals surface area contributed by atoms with Gasteiger partial charge in [-0.05, 0) is 12.8 Å². The van der Waals surface area contributed by atoms with E-state index in [2.05, 4.69) is 4.37 Å². The number of hydrogen-bond donors (Lipinski definition) is 0. The molecular weight excluding hydrogens is 209 g/mol. The average molecular weight is 214 g/mol. The lowest BCUT2D eigenvalue weighted by Gasteiger charge is -1.83. The first-order chi connectivity index (χ1) is 4.38. The number of halogens is 2. The first-order valence-electron chi connectivity index (χ1n) is 2.80. The second kappa shape index (κ2) is 3.30. The van der Waals surface area contributed by atoms with Crippen LogP contribution in [0.25, 0.3) is 0 Å². The standard InChI is InChI=1S/C5H5ClNS2.ClH/c6-3-1-2-4-5(3)8-9-7-4;/h3H,1-2H2;1H/q+1;/p-1. The maximum Gasteiger partial charge on any atom is 0.319 e. The summed E-state index contributed by atoms with van der Waals surface area (Å²) < 4.78 is 4.22. The largest absolute Gasteiger partial charge is 1.00 e. The zero-order valence-electron chi connectivity index (χ0n) is 5.01. The van der Waals surface area contributed by atoms with Gasteiger partial charge in [-0.15, -0.1) is 16.0 Å². The average Bonchev–Trinajstić information content (AvgIpc) is 2.35. The molecule has 1 aromatic heterocycles. The van der Waals surface area contributed by atoms with Crippen molar-refractivity contribution in [3.05, 3.63) is 10.6 Å². The lowest BCUT2D eigenvalue weighted by atomic mass is 10.4. The van der Waals surface area contributed by atoms with E-state index in [0.717, 1.165) is 12.8 Å². The molecule has 1 aromatic rings. The number of fused-ring (bicyclic) bond motifs is 1. The molecule has 0 saturated heterocycles. The van der Waals surface area contributed by atoms with Gasteiger partial charge in [0.2, 0.25) is 0 Å². The fourth-order valence-corrected chi connectivity index (χ4v) is 3.70. The second-order valence-corrected chi connectivity index (χ2v) is 4.48. The van der Waals surface area contributed by atoms with Gasteiger partial charge in [0.15, 0.2) is 0 Å². The van der Waals surface area contributed by atoms with Gasteiger partial charge >= 0.3 is 10.3 Å². The van der Waals surface area contributed by atoms with Crippen molar-refractivity contribution in [1.29, 1.82) is 0 Å². The number of nitrogens with zero attached hydrogens (tertiary/aromatic N) is 1. The summed E-state index contributed by atoms with van der Waals surface area (Å²) in [5.41, 5.74) is 1.24. The summed E-state index contributed by atoms with van der Waals surface area (Å²) in [6, 6.07) is 0. The number of alkyl halides is 1. The van der Waals surface area contributed by atoms with Crippen molar-refractivity contribution in [3.8, 4) is 0 Å². The molecule has 0 amide bonds. The lowest BCUT2D eigenvalue weighted by Crippen LogP contribution is -3.00. The highest BCUT2D eigenvalue weighted by Gasteiger charge is 2.32. The van der Waals surface area contributed by atoms with Gasteiger partial charge in [0.05, 0.1) is 0 Å². The summed E-state index contributed by atoms with van der Waals surface area (Å²) in [5.74, 6) is 0. The molecule has 0 spiro atoms. The van der Waals surface area contributed by atoms with Crippen LogP contribution < -0.4 is 12.4 Å². The van der Waals surface area contributed by atoms with E-state index in [1.54, 1.807) is 20.9 Å². The Kier molecular flexibility index (Phi) is 2.86. The van der Waals surface area contributed by atoms with Gasteiger partial charge in [0.25, 0.3) is 15.4 Å². The summed E-state index contributed by atoms with van der Waals surface area (Å²) in [7, 11) is 3.27. The molecule has 0 radical (unpaired) electrons. The van der Waals surface area contributed by atoms with E-state index in [4.69, 9.17) is 11.6 Å². The molecule has 5 heteroatoms. The van der Waals surface area contributed by atoms with Gasteiger partial charge in [0.1, 0.15) is 11.1 Å². The third kappa shape index (κ3) is 1.28. The van der Waals surface area contributed by atoms with Crippen molar-refractivity contribution in [2.24, 2.45) is 0 Å². The van der Waals surface area contributed by atoms with Crippen molar-refractivity contribution >= 4 is 32.5 Å². The van der Waals surface area contributed by atoms with E-state index < -0.39 is 0 Å². The molecule has 1 atom stereocenters. The zero-order valence-corrected chi connectivity index (χ0v) is 8.16. The molecule has 0 aliphatic heterocycles. The number of aromatic nitrogens is 1. The van der Waals surface area contributed by atoms with Crippen LogP contribution in [-0.2, 0) is 6.42 Å². The highest BCUT2D eigenvalue weighted by molar-refractivity contribution is 7.67. The molecule has 0 aromatic carbocycles. The van der Waals surface area contributed by atoms with Crippen LogP contribution in [0.3, 0.4) is 0 Å². The third-order valence-corrected chi connectivity index (χ3v) is 4.10. The normalized spacial score (nSPS) is 21.9. The van der Waals surface area contributed by atoms with Gasteiger partial charge in [-0.25, -0.2) is 0 Å². The van der Waals surface area contributed by atoms with E-state index in [0.29, 0.717) is 0 Å². The first kappa shape index (κ1) is 8.65. The number of hydrogen-bond acceptors (Lipinski definition) is 2. The predicted octanol–water partition coefficient (Wildman–Crippen LogP) is -0.284. The minimum atomic E-state index is 0. The summed E-state index contributed by atoms with van der Waals surface area (Å²) in [6.07, 6.45) is 2.17. The van der Waals surface area contributed by atoms with Crippen LogP contribution in [0.4, 0.5) is 0 Å². The highest BCUT2D eigenvalue weighted by atomic mass is 35.5. The Balaban J connectivity index is 0.000000500. The van der Waals surface area contributed by atoms with Crippen LogP contribution >= 0.6 is 32.5 Å². The topological polar surface area (TPSA) is 12.9 Å². The van der Waals surface area contributed by atoms with Crippen molar-refractivity contribution in [2.75, 3.05) is 0 Å². The first-order valence-corrected chi connectivity index (χ1v) is 5.34. The van der Waals surface area contributed by atoms with Gasteiger partial charge in [-0.1, -0.05) is 0 Å². The molecule has 0 fully saturated rings. The van der Waals surface area contributed by atoms with Crippen molar-refractivity contribution in [2.45, 2.75) is 18.2 Å². The van der Waals surface area contributed by atoms with E-state index in [1.165, 1.54) is 10.6 Å². The van der Waals surface area contributed by atoms with Gasteiger partial charge in [0, 0.05) is 0 Å². The Hall–Kier alpha value is 0.560. The van der Waals surface area contributed by atoms with Gasteiger partial charge in [-0.2, -0.15) is 0 Å². The van der Waals surface area contributed by atoms with Crippen molar-refractivity contribution < 1.29 is 12.4 Å². The quantitative estimate of drug-likeness (QED) is 0.329. The Morgan fingerprint density at radius 3 is 3.20 bits per heavy atom. The Labute approximate surface area is 78.0 Å². The molecule has 1 aliphatic carbocycles. The fourth-order valence-electron chi connectivity index (χ4n) is 0.993. The molecule has 1 heterocycles. The van der Waals surface area contributed by atoms with Crippen LogP contribution in [0.5, 0.6) is 0 Å². The SMILES string of the molecule is ClC1CCc2ns[s+]c21.[Cl-]. The van der Waals surface area contributed by atoms with Crippen molar-refractivity contribution in [1.82, 2.24) is 4.37 Å². The van der Waals surface area contributed by atoms with E-state index in [9.17, 15) is 0 Å². The van der Waals surface area contributed by atoms with Crippen molar-refractivity contribution in [3.63, 3.8) is 0 Å². The molecule has 0 N–H and O–H groups in total.